The predicted molar refractivity (Wildman–Crippen MR) is 188 cm³/mol. The highest BCUT2D eigenvalue weighted by atomic mass is 16.5. The van der Waals surface area contributed by atoms with E-state index in [-0.39, 0.29) is 0 Å². The summed E-state index contributed by atoms with van der Waals surface area (Å²) in [5.41, 5.74) is 7.30. The van der Waals surface area contributed by atoms with E-state index in [1.54, 1.807) is 0 Å². The molecule has 0 unspecified atom stereocenters. The normalized spacial score (nSPS) is 12.6. The van der Waals surface area contributed by atoms with E-state index in [0.29, 0.717) is 11.6 Å². The molecule has 0 N–H and O–H groups in total. The summed E-state index contributed by atoms with van der Waals surface area (Å²) in [7, 11) is 0. The third-order valence-corrected chi connectivity index (χ3v) is 9.02. The smallest absolute Gasteiger partial charge is 0.164 e. The zero-order valence-corrected chi connectivity index (χ0v) is 25.1. The number of benzene rings is 7. The molecule has 0 spiro atoms. The summed E-state index contributed by atoms with van der Waals surface area (Å²) in [6.45, 7) is 0. The van der Waals surface area contributed by atoms with Crippen molar-refractivity contribution in [2.75, 3.05) is 4.90 Å². The maximum absolute atomic E-state index is 6.73. The molecule has 0 aliphatic carbocycles. The number of fused-ring (bicyclic) bond motifs is 6. The maximum Gasteiger partial charge on any atom is 0.164 e. The first kappa shape index (κ1) is 25.8. The average molecular weight is 604 g/mol. The second-order valence-electron chi connectivity index (χ2n) is 11.8. The van der Waals surface area contributed by atoms with Crippen LogP contribution in [0.15, 0.2) is 152 Å². The topological polar surface area (TPSA) is 47.5 Å². The molecule has 0 atom stereocenters. The van der Waals surface area contributed by atoms with E-state index in [4.69, 9.17) is 19.4 Å². The van der Waals surface area contributed by atoms with Crippen LogP contribution in [-0.2, 0) is 0 Å². The van der Waals surface area contributed by atoms with E-state index in [9.17, 15) is 0 Å². The van der Waals surface area contributed by atoms with Gasteiger partial charge in [-0.15, -0.1) is 0 Å². The lowest BCUT2D eigenvalue weighted by Crippen LogP contribution is -2.20. The molecule has 7 aromatic carbocycles. The van der Waals surface area contributed by atoms with Gasteiger partial charge in [0.15, 0.2) is 28.8 Å². The molecule has 5 nitrogen and oxygen atoms in total. The Hall–Kier alpha value is -6.46. The summed E-state index contributed by atoms with van der Waals surface area (Å²) in [6.07, 6.45) is 0. The Balaban J connectivity index is 1.20. The molecule has 0 saturated heterocycles. The zero-order chi connectivity index (χ0) is 30.9. The van der Waals surface area contributed by atoms with Gasteiger partial charge in [0.2, 0.25) is 0 Å². The third kappa shape index (κ3) is 4.10. The molecule has 10 rings (SSSR count). The van der Waals surface area contributed by atoms with Gasteiger partial charge in [-0.2, -0.15) is 0 Å². The Morgan fingerprint density at radius 2 is 0.979 bits per heavy atom. The standard InChI is InChI=1S/C42H25N3O2/c1-3-11-28-23-30(21-19-26(28)9-1)33-25-34(31-22-20-27-10-2-4-12-29(27)24-31)44-42(43-33)32-13-7-15-36-41(32)47-39-18-8-17-38-40(39)45(36)35-14-5-6-16-37(35)46-38/h1-25H. The molecule has 0 radical (unpaired) electrons. The first-order valence-corrected chi connectivity index (χ1v) is 15.7. The van der Waals surface area contributed by atoms with E-state index in [1.807, 2.05) is 48.5 Å². The number of nitrogens with zero attached hydrogens (tertiary/aromatic N) is 3. The van der Waals surface area contributed by atoms with Gasteiger partial charge in [-0.25, -0.2) is 9.97 Å². The molecule has 5 heteroatoms. The molecule has 0 fully saturated rings. The molecule has 1 aromatic heterocycles. The summed E-state index contributed by atoms with van der Waals surface area (Å²) in [5.74, 6) is 3.57. The summed E-state index contributed by atoms with van der Waals surface area (Å²) in [5, 5.41) is 4.71. The molecule has 2 aliphatic heterocycles. The molecule has 0 amide bonds. The lowest BCUT2D eigenvalue weighted by Gasteiger charge is -2.38. The van der Waals surface area contributed by atoms with Gasteiger partial charge < -0.3 is 9.47 Å². The summed E-state index contributed by atoms with van der Waals surface area (Å²) in [4.78, 5) is 12.7. The van der Waals surface area contributed by atoms with Crippen molar-refractivity contribution in [2.45, 2.75) is 0 Å². The van der Waals surface area contributed by atoms with Gasteiger partial charge in [-0.1, -0.05) is 97.1 Å². The van der Waals surface area contributed by atoms with Crippen LogP contribution in [-0.4, -0.2) is 9.97 Å². The van der Waals surface area contributed by atoms with Gasteiger partial charge in [0.1, 0.15) is 5.69 Å². The van der Waals surface area contributed by atoms with E-state index < -0.39 is 0 Å². The number of para-hydroxylation sites is 4. The van der Waals surface area contributed by atoms with Crippen LogP contribution >= 0.6 is 0 Å². The SMILES string of the molecule is c1ccc2c(c1)Oc1cccc3c1N2c1cccc(-c2nc(-c4ccc5ccccc5c4)cc(-c4ccc5ccccc5c4)n2)c1O3. The summed E-state index contributed by atoms with van der Waals surface area (Å²) >= 11 is 0. The Morgan fingerprint density at radius 3 is 1.68 bits per heavy atom. The Morgan fingerprint density at radius 1 is 0.426 bits per heavy atom. The van der Waals surface area contributed by atoms with Gasteiger partial charge in [0, 0.05) is 11.1 Å². The van der Waals surface area contributed by atoms with E-state index in [0.717, 1.165) is 73.2 Å². The Kier molecular flexibility index (Phi) is 5.51. The van der Waals surface area contributed by atoms with Crippen molar-refractivity contribution in [1.29, 1.82) is 0 Å². The van der Waals surface area contributed by atoms with Crippen LogP contribution < -0.4 is 14.4 Å². The van der Waals surface area contributed by atoms with Crippen molar-refractivity contribution >= 4 is 38.6 Å². The third-order valence-electron chi connectivity index (χ3n) is 9.02. The number of ether oxygens (including phenoxy) is 2. The molecule has 220 valence electrons. The van der Waals surface area contributed by atoms with Crippen LogP contribution in [0.4, 0.5) is 17.1 Å². The van der Waals surface area contributed by atoms with Crippen molar-refractivity contribution in [3.05, 3.63) is 152 Å². The van der Waals surface area contributed by atoms with Crippen LogP contribution in [0.1, 0.15) is 0 Å². The van der Waals surface area contributed by atoms with Crippen LogP contribution in [0.5, 0.6) is 23.0 Å². The highest BCUT2D eigenvalue weighted by Gasteiger charge is 2.35. The maximum atomic E-state index is 6.73. The molecule has 0 bridgehead atoms. The summed E-state index contributed by atoms with van der Waals surface area (Å²) < 4.78 is 13.0. The first-order valence-electron chi connectivity index (χ1n) is 15.7. The molecule has 2 aliphatic rings. The second-order valence-corrected chi connectivity index (χ2v) is 11.8. The van der Waals surface area contributed by atoms with Crippen LogP contribution in [0.2, 0.25) is 0 Å². The Bertz CT molecular complexity index is 2460. The second kappa shape index (κ2) is 10.0. The molecule has 47 heavy (non-hydrogen) atoms. The van der Waals surface area contributed by atoms with Gasteiger partial charge in [-0.3, -0.25) is 4.90 Å². The zero-order valence-electron chi connectivity index (χ0n) is 25.1. The van der Waals surface area contributed by atoms with Crippen LogP contribution in [0.25, 0.3) is 55.4 Å². The number of rotatable bonds is 3. The Labute approximate surface area is 270 Å². The first-order chi connectivity index (χ1) is 23.3. The fraction of sp³-hybridized carbons (Fsp3) is 0. The highest BCUT2D eigenvalue weighted by Crippen LogP contribution is 2.60. The predicted octanol–water partition coefficient (Wildman–Crippen LogP) is 11.5. The minimum atomic E-state index is 0.594. The number of hydrogen-bond donors (Lipinski definition) is 0. The average Bonchev–Trinajstić information content (AvgIpc) is 3.14. The monoisotopic (exact) mass is 603 g/mol. The fourth-order valence-corrected chi connectivity index (χ4v) is 6.76. The largest absolute Gasteiger partial charge is 0.453 e. The number of hydrogen-bond acceptors (Lipinski definition) is 5. The lowest BCUT2D eigenvalue weighted by molar-refractivity contribution is 0.446. The minimum absolute atomic E-state index is 0.594. The number of anilines is 3. The minimum Gasteiger partial charge on any atom is -0.453 e. The van der Waals surface area contributed by atoms with E-state index in [1.165, 1.54) is 10.8 Å². The van der Waals surface area contributed by atoms with Crippen molar-refractivity contribution in [3.63, 3.8) is 0 Å². The van der Waals surface area contributed by atoms with Crippen LogP contribution in [0.3, 0.4) is 0 Å². The quantitative estimate of drug-likeness (QED) is 0.201. The van der Waals surface area contributed by atoms with Gasteiger partial charge in [0.05, 0.1) is 28.3 Å². The fourth-order valence-electron chi connectivity index (χ4n) is 6.76. The van der Waals surface area contributed by atoms with Crippen molar-refractivity contribution in [3.8, 4) is 56.9 Å². The van der Waals surface area contributed by atoms with Crippen molar-refractivity contribution < 1.29 is 9.47 Å². The van der Waals surface area contributed by atoms with Gasteiger partial charge >= 0.3 is 0 Å². The van der Waals surface area contributed by atoms with Gasteiger partial charge in [-0.05, 0) is 76.1 Å². The molecule has 8 aromatic rings. The van der Waals surface area contributed by atoms with Crippen LogP contribution in [0, 0.1) is 0 Å². The van der Waals surface area contributed by atoms with Gasteiger partial charge in [0.25, 0.3) is 0 Å². The molecule has 3 heterocycles. The van der Waals surface area contributed by atoms with Crippen molar-refractivity contribution in [2.24, 2.45) is 0 Å². The lowest BCUT2D eigenvalue weighted by atomic mass is 10.0. The molecular formula is C42H25N3O2. The molecule has 0 saturated carbocycles. The van der Waals surface area contributed by atoms with E-state index in [2.05, 4.69) is 108 Å². The molecular weight excluding hydrogens is 578 g/mol. The van der Waals surface area contributed by atoms with Crippen molar-refractivity contribution in [1.82, 2.24) is 9.97 Å². The van der Waals surface area contributed by atoms with E-state index >= 15 is 0 Å². The number of aromatic nitrogens is 2. The highest BCUT2D eigenvalue weighted by molar-refractivity contribution is 5.96. The summed E-state index contributed by atoms with van der Waals surface area (Å²) in [6, 6.07) is 52.1.